The summed E-state index contributed by atoms with van der Waals surface area (Å²) in [6, 6.07) is 5.29. The summed E-state index contributed by atoms with van der Waals surface area (Å²) < 4.78 is 44.2. The molecule has 0 aliphatic carbocycles. The van der Waals surface area contributed by atoms with E-state index in [4.69, 9.17) is 4.74 Å². The number of amides is 1. The van der Waals surface area contributed by atoms with Gasteiger partial charge in [0.15, 0.2) is 0 Å². The number of halogens is 4. The lowest BCUT2D eigenvalue weighted by Crippen LogP contribution is -2.42. The van der Waals surface area contributed by atoms with Gasteiger partial charge in [0.05, 0.1) is 18.9 Å². The molecule has 0 bridgehead atoms. The monoisotopic (exact) mass is 350 g/mol. The Morgan fingerprint density at radius 1 is 1.35 bits per heavy atom. The van der Waals surface area contributed by atoms with Crippen LogP contribution in [0.15, 0.2) is 18.2 Å². The summed E-state index contributed by atoms with van der Waals surface area (Å²) in [6.45, 7) is 0.302. The summed E-state index contributed by atoms with van der Waals surface area (Å²) in [5.74, 6) is -2.42. The molecule has 23 heavy (non-hydrogen) atoms. The topological polar surface area (TPSA) is 41.6 Å². The lowest BCUT2D eigenvalue weighted by Gasteiger charge is -2.26. The second-order valence-corrected chi connectivity index (χ2v) is 5.65. The molecule has 0 unspecified atom stereocenters. The van der Waals surface area contributed by atoms with Gasteiger partial charge in [-0.2, -0.15) is 13.2 Å². The molecule has 1 amide bonds. The van der Waals surface area contributed by atoms with E-state index in [9.17, 15) is 18.0 Å². The molecule has 128 valence electrons. The highest BCUT2D eigenvalue weighted by Gasteiger charge is 2.51. The van der Waals surface area contributed by atoms with Crippen molar-refractivity contribution >= 4 is 24.0 Å². The fraction of sp³-hybridized carbons (Fsp3) is 0.533. The standard InChI is InChI=1S/C15H17F3N2O2.ClH/c1-22-10-2-3-13-9(6-10)4-5-20(13)14(21)11-7-19-8-12(11)15(16,17)18;/h2-3,6,11-12,19H,4-5,7-8H2,1H3;1H/t11-,12-;/m1./s1. The summed E-state index contributed by atoms with van der Waals surface area (Å²) in [5.41, 5.74) is 1.63. The van der Waals surface area contributed by atoms with Crippen molar-refractivity contribution in [2.45, 2.75) is 12.6 Å². The Balaban J connectivity index is 0.00000192. The van der Waals surface area contributed by atoms with Crippen molar-refractivity contribution in [3.63, 3.8) is 0 Å². The maximum absolute atomic E-state index is 13.0. The molecule has 4 nitrogen and oxygen atoms in total. The van der Waals surface area contributed by atoms with Gasteiger partial charge >= 0.3 is 6.18 Å². The van der Waals surface area contributed by atoms with Gasteiger partial charge in [0.1, 0.15) is 5.75 Å². The Labute approximate surface area is 138 Å². The number of hydrogen-bond donors (Lipinski definition) is 1. The van der Waals surface area contributed by atoms with E-state index in [1.807, 2.05) is 6.07 Å². The SMILES string of the molecule is COc1ccc2c(c1)CCN2C(=O)[C@@H]1CNC[C@H]1C(F)(F)F.Cl. The third-order valence-electron chi connectivity index (χ3n) is 4.40. The maximum atomic E-state index is 13.0. The summed E-state index contributed by atoms with van der Waals surface area (Å²) in [5, 5.41) is 2.69. The Kier molecular flexibility index (Phi) is 5.10. The number of carbonyl (C=O) groups excluding carboxylic acids is 1. The highest BCUT2D eigenvalue weighted by molar-refractivity contribution is 5.97. The summed E-state index contributed by atoms with van der Waals surface area (Å²) in [4.78, 5) is 14.1. The number of methoxy groups -OCH3 is 1. The number of nitrogens with one attached hydrogen (secondary N) is 1. The van der Waals surface area contributed by atoms with Crippen LogP contribution in [-0.2, 0) is 11.2 Å². The fourth-order valence-corrected chi connectivity index (χ4v) is 3.22. The molecular formula is C15H18ClF3N2O2. The van der Waals surface area contributed by atoms with Crippen LogP contribution < -0.4 is 15.0 Å². The molecule has 2 aliphatic heterocycles. The molecule has 3 rings (SSSR count). The fourth-order valence-electron chi connectivity index (χ4n) is 3.22. The number of hydrogen-bond acceptors (Lipinski definition) is 3. The average Bonchev–Trinajstić information content (AvgIpc) is 3.12. The van der Waals surface area contributed by atoms with E-state index < -0.39 is 23.9 Å². The van der Waals surface area contributed by atoms with Crippen LogP contribution in [0.25, 0.3) is 0 Å². The van der Waals surface area contributed by atoms with Gasteiger partial charge in [0.25, 0.3) is 0 Å². The molecule has 2 aliphatic rings. The van der Waals surface area contributed by atoms with E-state index in [0.717, 1.165) is 5.56 Å². The van der Waals surface area contributed by atoms with Gasteiger partial charge in [-0.1, -0.05) is 0 Å². The second kappa shape index (κ2) is 6.57. The molecule has 0 spiro atoms. The molecule has 2 atom stereocenters. The molecule has 1 saturated heterocycles. The summed E-state index contributed by atoms with van der Waals surface area (Å²) in [7, 11) is 1.55. The highest BCUT2D eigenvalue weighted by Crippen LogP contribution is 2.38. The van der Waals surface area contributed by atoms with Gasteiger partial charge in [-0.3, -0.25) is 4.79 Å². The van der Waals surface area contributed by atoms with Crippen molar-refractivity contribution in [2.75, 3.05) is 31.6 Å². The molecule has 0 aromatic heterocycles. The minimum absolute atomic E-state index is 0. The zero-order valence-electron chi connectivity index (χ0n) is 12.5. The largest absolute Gasteiger partial charge is 0.497 e. The third-order valence-corrected chi connectivity index (χ3v) is 4.40. The number of anilines is 1. The van der Waals surface area contributed by atoms with Crippen LogP contribution in [0.5, 0.6) is 5.75 Å². The van der Waals surface area contributed by atoms with E-state index in [-0.39, 0.29) is 25.5 Å². The number of rotatable bonds is 2. The Hall–Kier alpha value is -1.47. The summed E-state index contributed by atoms with van der Waals surface area (Å²) >= 11 is 0. The third kappa shape index (κ3) is 3.26. The number of alkyl halides is 3. The van der Waals surface area contributed by atoms with Crippen molar-refractivity contribution < 1.29 is 22.7 Å². The number of carbonyl (C=O) groups is 1. The van der Waals surface area contributed by atoms with Crippen LogP contribution in [0, 0.1) is 11.8 Å². The average molecular weight is 351 g/mol. The zero-order valence-corrected chi connectivity index (χ0v) is 13.3. The zero-order chi connectivity index (χ0) is 15.9. The quantitative estimate of drug-likeness (QED) is 0.890. The molecule has 0 saturated carbocycles. The van der Waals surface area contributed by atoms with Gasteiger partial charge in [-0.05, 0) is 30.2 Å². The highest BCUT2D eigenvalue weighted by atomic mass is 35.5. The van der Waals surface area contributed by atoms with E-state index >= 15 is 0 Å². The predicted octanol–water partition coefficient (Wildman–Crippen LogP) is 2.40. The number of nitrogens with zero attached hydrogens (tertiary/aromatic N) is 1. The minimum Gasteiger partial charge on any atom is -0.497 e. The smallest absolute Gasteiger partial charge is 0.393 e. The van der Waals surface area contributed by atoms with Gasteiger partial charge < -0.3 is 15.0 Å². The second-order valence-electron chi connectivity index (χ2n) is 5.65. The maximum Gasteiger partial charge on any atom is 0.393 e. The van der Waals surface area contributed by atoms with Crippen molar-refractivity contribution in [3.8, 4) is 5.75 Å². The number of benzene rings is 1. The predicted molar refractivity (Wildman–Crippen MR) is 82.2 cm³/mol. The summed E-state index contributed by atoms with van der Waals surface area (Å²) in [6.07, 6.45) is -3.72. The lowest BCUT2D eigenvalue weighted by atomic mass is 9.94. The van der Waals surface area contributed by atoms with E-state index in [1.54, 1.807) is 19.2 Å². The first-order chi connectivity index (χ1) is 10.4. The van der Waals surface area contributed by atoms with Crippen LogP contribution in [0.3, 0.4) is 0 Å². The first-order valence-electron chi connectivity index (χ1n) is 7.17. The molecule has 2 heterocycles. The van der Waals surface area contributed by atoms with E-state index in [2.05, 4.69) is 5.32 Å². The Morgan fingerprint density at radius 3 is 2.74 bits per heavy atom. The van der Waals surface area contributed by atoms with Gasteiger partial charge in [-0.25, -0.2) is 0 Å². The molecule has 8 heteroatoms. The first kappa shape index (κ1) is 17.9. The van der Waals surface area contributed by atoms with E-state index in [1.165, 1.54) is 4.90 Å². The molecule has 1 N–H and O–H groups in total. The number of ether oxygens (including phenoxy) is 1. The molecular weight excluding hydrogens is 333 g/mol. The molecule has 1 fully saturated rings. The van der Waals surface area contributed by atoms with Crippen LogP contribution in [0.4, 0.5) is 18.9 Å². The van der Waals surface area contributed by atoms with Crippen LogP contribution in [0.2, 0.25) is 0 Å². The Bertz CT molecular complexity index is 595. The van der Waals surface area contributed by atoms with Gasteiger partial charge in [-0.15, -0.1) is 12.4 Å². The number of fused-ring (bicyclic) bond motifs is 1. The lowest BCUT2D eigenvalue weighted by molar-refractivity contribution is -0.181. The van der Waals surface area contributed by atoms with Crippen molar-refractivity contribution in [1.29, 1.82) is 0 Å². The van der Waals surface area contributed by atoms with Crippen LogP contribution in [-0.4, -0.2) is 38.8 Å². The Morgan fingerprint density at radius 2 is 2.09 bits per heavy atom. The van der Waals surface area contributed by atoms with Crippen molar-refractivity contribution in [1.82, 2.24) is 5.32 Å². The normalized spacial score (nSPS) is 23.4. The van der Waals surface area contributed by atoms with Crippen molar-refractivity contribution in [2.24, 2.45) is 11.8 Å². The van der Waals surface area contributed by atoms with E-state index in [0.29, 0.717) is 24.4 Å². The minimum atomic E-state index is -4.35. The molecule has 1 aromatic rings. The molecule has 0 radical (unpaired) electrons. The van der Waals surface area contributed by atoms with Crippen LogP contribution in [0.1, 0.15) is 5.56 Å². The van der Waals surface area contributed by atoms with Gasteiger partial charge in [0, 0.05) is 25.3 Å². The first-order valence-corrected chi connectivity index (χ1v) is 7.17. The van der Waals surface area contributed by atoms with Crippen molar-refractivity contribution in [3.05, 3.63) is 23.8 Å². The van der Waals surface area contributed by atoms with Crippen LogP contribution >= 0.6 is 12.4 Å². The molecule has 1 aromatic carbocycles. The van der Waals surface area contributed by atoms with Gasteiger partial charge in [0.2, 0.25) is 5.91 Å².